The zero-order valence-corrected chi connectivity index (χ0v) is 7.63. The molecule has 1 heterocycles. The molecule has 1 rings (SSSR count). The monoisotopic (exact) mass is 210 g/mol. The van der Waals surface area contributed by atoms with Crippen molar-refractivity contribution in [2.24, 2.45) is 0 Å². The summed E-state index contributed by atoms with van der Waals surface area (Å²) in [7, 11) is 0. The lowest BCUT2D eigenvalue weighted by Gasteiger charge is -1.93. The van der Waals surface area contributed by atoms with Gasteiger partial charge in [-0.25, -0.2) is 4.98 Å². The van der Waals surface area contributed by atoms with Gasteiger partial charge in [-0.1, -0.05) is 22.9 Å². The lowest BCUT2D eigenvalue weighted by atomic mass is 10.7. The molecule has 0 bridgehead atoms. The van der Waals surface area contributed by atoms with Crippen LogP contribution in [0.4, 0.5) is 5.13 Å². The summed E-state index contributed by atoms with van der Waals surface area (Å²) in [4.78, 5) is 14.5. The molecule has 0 atom stereocenters. The Labute approximate surface area is 77.3 Å². The van der Waals surface area contributed by atoms with Crippen LogP contribution in [0.15, 0.2) is 6.20 Å². The standard InChI is InChI=1S/C5H4Cl2N2OS/c6-1-4(10)9-5-8-2-3(7)11-5/h2H,1H2,(H,8,9,10). The van der Waals surface area contributed by atoms with Crippen molar-refractivity contribution in [2.45, 2.75) is 0 Å². The van der Waals surface area contributed by atoms with Crippen LogP contribution >= 0.6 is 34.5 Å². The number of nitrogens with zero attached hydrogens (tertiary/aromatic N) is 1. The zero-order chi connectivity index (χ0) is 8.27. The first kappa shape index (κ1) is 8.77. The second-order valence-electron chi connectivity index (χ2n) is 1.65. The number of amides is 1. The van der Waals surface area contributed by atoms with E-state index in [0.717, 1.165) is 0 Å². The number of alkyl halides is 1. The van der Waals surface area contributed by atoms with Gasteiger partial charge in [0.25, 0.3) is 0 Å². The molecule has 0 fully saturated rings. The average Bonchev–Trinajstić information content (AvgIpc) is 2.35. The Morgan fingerprint density at radius 2 is 2.55 bits per heavy atom. The summed E-state index contributed by atoms with van der Waals surface area (Å²) in [5.41, 5.74) is 0. The Hall–Kier alpha value is -0.320. The highest BCUT2D eigenvalue weighted by Crippen LogP contribution is 2.22. The minimum Gasteiger partial charge on any atom is -0.301 e. The highest BCUT2D eigenvalue weighted by Gasteiger charge is 2.02. The van der Waals surface area contributed by atoms with E-state index in [2.05, 4.69) is 10.3 Å². The number of nitrogens with one attached hydrogen (secondary N) is 1. The highest BCUT2D eigenvalue weighted by atomic mass is 35.5. The van der Waals surface area contributed by atoms with E-state index in [1.807, 2.05) is 0 Å². The first-order valence-corrected chi connectivity index (χ1v) is 4.42. The molecule has 1 aromatic rings. The molecule has 60 valence electrons. The van der Waals surface area contributed by atoms with Crippen LogP contribution < -0.4 is 5.32 Å². The molecule has 0 unspecified atom stereocenters. The van der Waals surface area contributed by atoms with Gasteiger partial charge in [-0.05, 0) is 0 Å². The number of carbonyl (C=O) groups excluding carboxylic acids is 1. The summed E-state index contributed by atoms with van der Waals surface area (Å²) in [5.74, 6) is -0.352. The fraction of sp³-hybridized carbons (Fsp3) is 0.200. The van der Waals surface area contributed by atoms with Crippen molar-refractivity contribution >= 4 is 45.6 Å². The van der Waals surface area contributed by atoms with Gasteiger partial charge in [0.15, 0.2) is 5.13 Å². The largest absolute Gasteiger partial charge is 0.301 e. The van der Waals surface area contributed by atoms with Gasteiger partial charge >= 0.3 is 0 Å². The number of anilines is 1. The zero-order valence-electron chi connectivity index (χ0n) is 5.30. The molecule has 0 saturated carbocycles. The van der Waals surface area contributed by atoms with Gasteiger partial charge in [0.05, 0.1) is 6.20 Å². The molecule has 11 heavy (non-hydrogen) atoms. The van der Waals surface area contributed by atoms with Crippen molar-refractivity contribution in [3.05, 3.63) is 10.5 Å². The summed E-state index contributed by atoms with van der Waals surface area (Å²) in [5, 5.41) is 2.94. The second kappa shape index (κ2) is 3.90. The van der Waals surface area contributed by atoms with E-state index in [-0.39, 0.29) is 11.8 Å². The maximum absolute atomic E-state index is 10.7. The summed E-state index contributed by atoms with van der Waals surface area (Å²) in [6.45, 7) is 0. The van der Waals surface area contributed by atoms with Crippen molar-refractivity contribution in [1.82, 2.24) is 4.98 Å². The topological polar surface area (TPSA) is 42.0 Å². The molecule has 1 aromatic heterocycles. The number of aromatic nitrogens is 1. The first-order chi connectivity index (χ1) is 5.22. The first-order valence-electron chi connectivity index (χ1n) is 2.69. The number of halogens is 2. The Morgan fingerprint density at radius 3 is 3.00 bits per heavy atom. The summed E-state index contributed by atoms with van der Waals surface area (Å²) in [6.07, 6.45) is 1.47. The molecular weight excluding hydrogens is 207 g/mol. The van der Waals surface area contributed by atoms with Gasteiger partial charge in [-0.3, -0.25) is 4.79 Å². The Morgan fingerprint density at radius 1 is 1.82 bits per heavy atom. The molecule has 0 saturated heterocycles. The highest BCUT2D eigenvalue weighted by molar-refractivity contribution is 7.19. The molecule has 6 heteroatoms. The summed E-state index contributed by atoms with van der Waals surface area (Å²) >= 11 is 12.0. The maximum Gasteiger partial charge on any atom is 0.241 e. The van der Waals surface area contributed by atoms with Crippen molar-refractivity contribution in [3.8, 4) is 0 Å². The third kappa shape index (κ3) is 2.65. The van der Waals surface area contributed by atoms with Gasteiger partial charge < -0.3 is 5.32 Å². The third-order valence-electron chi connectivity index (χ3n) is 0.845. The molecule has 1 N–H and O–H groups in total. The normalized spacial score (nSPS) is 9.64. The molecular formula is C5H4Cl2N2OS. The summed E-state index contributed by atoms with van der Waals surface area (Å²) in [6, 6.07) is 0. The van der Waals surface area contributed by atoms with E-state index < -0.39 is 0 Å². The average molecular weight is 211 g/mol. The van der Waals surface area contributed by atoms with Crippen molar-refractivity contribution < 1.29 is 4.79 Å². The van der Waals surface area contributed by atoms with Crippen molar-refractivity contribution in [2.75, 3.05) is 11.2 Å². The fourth-order valence-electron chi connectivity index (χ4n) is 0.465. The molecule has 0 aliphatic carbocycles. The predicted molar refractivity (Wildman–Crippen MR) is 46.5 cm³/mol. The number of hydrogen-bond donors (Lipinski definition) is 1. The lowest BCUT2D eigenvalue weighted by molar-refractivity contribution is -0.113. The van der Waals surface area contributed by atoms with Crippen LogP contribution in [0, 0.1) is 0 Å². The van der Waals surface area contributed by atoms with Crippen molar-refractivity contribution in [3.63, 3.8) is 0 Å². The molecule has 0 spiro atoms. The Bertz CT molecular complexity index is 263. The maximum atomic E-state index is 10.7. The van der Waals surface area contributed by atoms with Gasteiger partial charge in [0, 0.05) is 0 Å². The van der Waals surface area contributed by atoms with Crippen LogP contribution in [0.5, 0.6) is 0 Å². The van der Waals surface area contributed by atoms with Crippen LogP contribution in [-0.2, 0) is 4.79 Å². The Balaban J connectivity index is 2.57. The predicted octanol–water partition coefficient (Wildman–Crippen LogP) is 1.97. The van der Waals surface area contributed by atoms with E-state index in [0.29, 0.717) is 9.47 Å². The molecule has 0 aliphatic heterocycles. The SMILES string of the molecule is O=C(CCl)Nc1ncc(Cl)s1. The fourth-order valence-corrected chi connectivity index (χ4v) is 1.36. The van der Waals surface area contributed by atoms with Crippen LogP contribution in [0.2, 0.25) is 4.34 Å². The number of thiazole rings is 1. The molecule has 0 aliphatic rings. The number of rotatable bonds is 2. The quantitative estimate of drug-likeness (QED) is 0.760. The van der Waals surface area contributed by atoms with Gasteiger partial charge in [0.1, 0.15) is 10.2 Å². The third-order valence-corrected chi connectivity index (χ3v) is 2.12. The number of hydrogen-bond acceptors (Lipinski definition) is 3. The minimum absolute atomic E-state index is 0.0722. The smallest absolute Gasteiger partial charge is 0.241 e. The van der Waals surface area contributed by atoms with E-state index >= 15 is 0 Å². The van der Waals surface area contributed by atoms with Gasteiger partial charge in [-0.15, -0.1) is 11.6 Å². The van der Waals surface area contributed by atoms with Crippen LogP contribution in [0.3, 0.4) is 0 Å². The van der Waals surface area contributed by atoms with Gasteiger partial charge in [0.2, 0.25) is 5.91 Å². The summed E-state index contributed by atoms with van der Waals surface area (Å²) < 4.78 is 0.537. The minimum atomic E-state index is -0.280. The van der Waals surface area contributed by atoms with Crippen LogP contribution in [-0.4, -0.2) is 16.8 Å². The van der Waals surface area contributed by atoms with E-state index in [9.17, 15) is 4.79 Å². The molecule has 0 aromatic carbocycles. The van der Waals surface area contributed by atoms with Crippen molar-refractivity contribution in [1.29, 1.82) is 0 Å². The van der Waals surface area contributed by atoms with Crippen LogP contribution in [0.1, 0.15) is 0 Å². The molecule has 1 amide bonds. The van der Waals surface area contributed by atoms with E-state index in [1.54, 1.807) is 0 Å². The molecule has 3 nitrogen and oxygen atoms in total. The van der Waals surface area contributed by atoms with E-state index in [4.69, 9.17) is 23.2 Å². The Kier molecular flexibility index (Phi) is 3.11. The van der Waals surface area contributed by atoms with E-state index in [1.165, 1.54) is 17.5 Å². The van der Waals surface area contributed by atoms with Gasteiger partial charge in [-0.2, -0.15) is 0 Å². The lowest BCUT2D eigenvalue weighted by Crippen LogP contribution is -2.11. The second-order valence-corrected chi connectivity index (χ2v) is 3.58. The number of carbonyl (C=O) groups is 1. The molecule has 0 radical (unpaired) electrons. The van der Waals surface area contributed by atoms with Crippen LogP contribution in [0.25, 0.3) is 0 Å².